The van der Waals surface area contributed by atoms with Crippen LogP contribution in [0.15, 0.2) is 66.9 Å². The molecule has 0 bridgehead atoms. The van der Waals surface area contributed by atoms with Gasteiger partial charge in [-0.3, -0.25) is 4.57 Å². The Kier molecular flexibility index (Phi) is 3.85. The van der Waals surface area contributed by atoms with Crippen LogP contribution >= 0.6 is 0 Å². The van der Waals surface area contributed by atoms with E-state index < -0.39 is 5.97 Å². The van der Waals surface area contributed by atoms with Gasteiger partial charge in [0.25, 0.3) is 0 Å². The summed E-state index contributed by atoms with van der Waals surface area (Å²) in [6.45, 7) is 0. The number of methoxy groups -OCH3 is 1. The smallest absolute Gasteiger partial charge is 0.339 e. The van der Waals surface area contributed by atoms with E-state index in [9.17, 15) is 9.90 Å². The predicted molar refractivity (Wildman–Crippen MR) is 97.3 cm³/mol. The molecule has 6 nitrogen and oxygen atoms in total. The van der Waals surface area contributed by atoms with Gasteiger partial charge in [0.1, 0.15) is 17.1 Å². The molecule has 0 saturated heterocycles. The summed E-state index contributed by atoms with van der Waals surface area (Å²) in [7, 11) is 1.33. The fraction of sp³-hybridized carbons (Fsp3) is 0.0500. The Labute approximate surface area is 149 Å². The molecule has 128 valence electrons. The van der Waals surface area contributed by atoms with Gasteiger partial charge in [-0.1, -0.05) is 18.2 Å². The van der Waals surface area contributed by atoms with Gasteiger partial charge in [-0.25, -0.2) is 14.8 Å². The van der Waals surface area contributed by atoms with Crippen LogP contribution in [0.3, 0.4) is 0 Å². The van der Waals surface area contributed by atoms with Crippen LogP contribution in [0.1, 0.15) is 10.4 Å². The van der Waals surface area contributed by atoms with Crippen LogP contribution in [-0.2, 0) is 4.74 Å². The molecule has 0 atom stereocenters. The van der Waals surface area contributed by atoms with Crippen molar-refractivity contribution >= 4 is 17.1 Å². The van der Waals surface area contributed by atoms with Crippen molar-refractivity contribution in [3.63, 3.8) is 0 Å². The number of carbonyl (C=O) groups is 1. The Bertz CT molecular complexity index is 1090. The van der Waals surface area contributed by atoms with E-state index in [2.05, 4.69) is 9.97 Å². The number of hydrogen-bond acceptors (Lipinski definition) is 5. The zero-order valence-corrected chi connectivity index (χ0v) is 14.0. The van der Waals surface area contributed by atoms with E-state index in [0.29, 0.717) is 22.6 Å². The number of phenols is 1. The molecule has 0 unspecified atom stereocenters. The number of fused-ring (bicyclic) bond motifs is 1. The minimum Gasteiger partial charge on any atom is -0.508 e. The first-order valence-electron chi connectivity index (χ1n) is 7.99. The van der Waals surface area contributed by atoms with E-state index in [-0.39, 0.29) is 5.75 Å². The molecule has 2 aromatic carbocycles. The van der Waals surface area contributed by atoms with E-state index >= 15 is 0 Å². The monoisotopic (exact) mass is 345 g/mol. The summed E-state index contributed by atoms with van der Waals surface area (Å²) in [6, 6.07) is 18.2. The molecule has 0 amide bonds. The van der Waals surface area contributed by atoms with Crippen molar-refractivity contribution in [2.45, 2.75) is 0 Å². The Hall–Kier alpha value is -3.67. The molecule has 4 rings (SSSR count). The molecule has 2 aromatic heterocycles. The second kappa shape index (κ2) is 6.33. The van der Waals surface area contributed by atoms with Crippen molar-refractivity contribution in [1.82, 2.24) is 14.5 Å². The molecule has 1 N–H and O–H groups in total. The van der Waals surface area contributed by atoms with Crippen LogP contribution in [0.25, 0.3) is 28.2 Å². The molecule has 0 fully saturated rings. The average molecular weight is 345 g/mol. The number of esters is 1. The number of ether oxygens (including phenoxy) is 1. The lowest BCUT2D eigenvalue weighted by atomic mass is 10.2. The molecule has 0 aliphatic rings. The number of aromatic hydroxyl groups is 1. The molecule has 6 heteroatoms. The van der Waals surface area contributed by atoms with E-state index in [0.717, 1.165) is 11.3 Å². The van der Waals surface area contributed by atoms with E-state index in [1.54, 1.807) is 30.3 Å². The maximum atomic E-state index is 11.8. The molecule has 2 heterocycles. The van der Waals surface area contributed by atoms with Crippen LogP contribution in [0.2, 0.25) is 0 Å². The van der Waals surface area contributed by atoms with Gasteiger partial charge in [0.15, 0.2) is 5.65 Å². The topological polar surface area (TPSA) is 77.2 Å². The van der Waals surface area contributed by atoms with Gasteiger partial charge in [0, 0.05) is 17.4 Å². The van der Waals surface area contributed by atoms with Gasteiger partial charge < -0.3 is 9.84 Å². The zero-order chi connectivity index (χ0) is 18.1. The highest BCUT2D eigenvalue weighted by Gasteiger charge is 2.17. The van der Waals surface area contributed by atoms with E-state index in [1.165, 1.54) is 13.3 Å². The largest absolute Gasteiger partial charge is 0.508 e. The third-order valence-electron chi connectivity index (χ3n) is 4.06. The SMILES string of the molecule is COC(=O)c1cnc2c(c1)nc(-c1ccc(O)cc1)n2-c1ccccc1. The van der Waals surface area contributed by atoms with Crippen LogP contribution < -0.4 is 0 Å². The summed E-state index contributed by atoms with van der Waals surface area (Å²) < 4.78 is 6.68. The Morgan fingerprint density at radius 1 is 1.08 bits per heavy atom. The van der Waals surface area contributed by atoms with Gasteiger partial charge in [-0.15, -0.1) is 0 Å². The number of nitrogens with zero attached hydrogens (tertiary/aromatic N) is 3. The minimum absolute atomic E-state index is 0.183. The number of carbonyl (C=O) groups excluding carboxylic acids is 1. The van der Waals surface area contributed by atoms with Gasteiger partial charge >= 0.3 is 5.97 Å². The first-order valence-corrected chi connectivity index (χ1v) is 7.99. The summed E-state index contributed by atoms with van der Waals surface area (Å²) in [6.07, 6.45) is 1.48. The summed E-state index contributed by atoms with van der Waals surface area (Å²) in [5.41, 5.74) is 3.28. The molecule has 4 aromatic rings. The van der Waals surface area contributed by atoms with Crippen molar-refractivity contribution in [3.8, 4) is 22.8 Å². The molecule has 26 heavy (non-hydrogen) atoms. The summed E-state index contributed by atoms with van der Waals surface area (Å²) >= 11 is 0. The summed E-state index contributed by atoms with van der Waals surface area (Å²) in [5, 5.41) is 9.56. The first kappa shape index (κ1) is 15.8. The van der Waals surface area contributed by atoms with Crippen molar-refractivity contribution in [2.75, 3.05) is 7.11 Å². The van der Waals surface area contributed by atoms with Gasteiger partial charge in [-0.05, 0) is 42.5 Å². The number of rotatable bonds is 3. The second-order valence-electron chi connectivity index (χ2n) is 5.71. The summed E-state index contributed by atoms with van der Waals surface area (Å²) in [5.74, 6) is 0.391. The molecular formula is C20H15N3O3. The van der Waals surface area contributed by atoms with Crippen LogP contribution in [-0.4, -0.2) is 32.7 Å². The molecular weight excluding hydrogens is 330 g/mol. The number of hydrogen-bond donors (Lipinski definition) is 1. The Morgan fingerprint density at radius 2 is 1.81 bits per heavy atom. The number of imidazole rings is 1. The first-order chi connectivity index (χ1) is 12.7. The minimum atomic E-state index is -0.458. The lowest BCUT2D eigenvalue weighted by Crippen LogP contribution is -2.02. The molecule has 0 aliphatic heterocycles. The molecule has 0 spiro atoms. The third kappa shape index (κ3) is 2.67. The normalized spacial score (nSPS) is 10.8. The highest BCUT2D eigenvalue weighted by molar-refractivity contribution is 5.93. The Morgan fingerprint density at radius 3 is 2.50 bits per heavy atom. The average Bonchev–Trinajstić information content (AvgIpc) is 3.07. The van der Waals surface area contributed by atoms with Crippen LogP contribution in [0.5, 0.6) is 5.75 Å². The zero-order valence-electron chi connectivity index (χ0n) is 14.0. The highest BCUT2D eigenvalue weighted by atomic mass is 16.5. The standard InChI is InChI=1S/C20H15N3O3/c1-26-20(25)14-11-17-19(21-12-14)23(15-5-3-2-4-6-15)18(22-17)13-7-9-16(24)10-8-13/h2-12,24H,1H3. The third-order valence-corrected chi connectivity index (χ3v) is 4.06. The van der Waals surface area contributed by atoms with Crippen molar-refractivity contribution in [2.24, 2.45) is 0 Å². The Balaban J connectivity index is 1.99. The molecule has 0 saturated carbocycles. The van der Waals surface area contributed by atoms with Gasteiger partial charge in [0.2, 0.25) is 0 Å². The van der Waals surface area contributed by atoms with Crippen molar-refractivity contribution in [3.05, 3.63) is 72.4 Å². The van der Waals surface area contributed by atoms with Crippen molar-refractivity contribution < 1.29 is 14.6 Å². The number of pyridine rings is 1. The number of benzene rings is 2. The van der Waals surface area contributed by atoms with E-state index in [1.807, 2.05) is 34.9 Å². The molecule has 0 aliphatic carbocycles. The number of aromatic nitrogens is 3. The maximum Gasteiger partial charge on any atom is 0.339 e. The number of phenolic OH excluding ortho intramolecular Hbond substituents is 1. The predicted octanol–water partition coefficient (Wildman–Crippen LogP) is 3.58. The lowest BCUT2D eigenvalue weighted by molar-refractivity contribution is 0.0600. The van der Waals surface area contributed by atoms with Crippen LogP contribution in [0, 0.1) is 0 Å². The van der Waals surface area contributed by atoms with Crippen LogP contribution in [0.4, 0.5) is 0 Å². The fourth-order valence-electron chi connectivity index (χ4n) is 2.82. The lowest BCUT2D eigenvalue weighted by Gasteiger charge is -2.09. The van der Waals surface area contributed by atoms with Gasteiger partial charge in [-0.2, -0.15) is 0 Å². The fourth-order valence-corrected chi connectivity index (χ4v) is 2.82. The maximum absolute atomic E-state index is 11.8. The van der Waals surface area contributed by atoms with Gasteiger partial charge in [0.05, 0.1) is 12.7 Å². The van der Waals surface area contributed by atoms with Crippen molar-refractivity contribution in [1.29, 1.82) is 0 Å². The van der Waals surface area contributed by atoms with E-state index in [4.69, 9.17) is 4.74 Å². The molecule has 0 radical (unpaired) electrons. The highest BCUT2D eigenvalue weighted by Crippen LogP contribution is 2.29. The number of para-hydroxylation sites is 1. The second-order valence-corrected chi connectivity index (χ2v) is 5.71. The summed E-state index contributed by atoms with van der Waals surface area (Å²) in [4.78, 5) is 20.9. The quantitative estimate of drug-likeness (QED) is 0.574.